The zero-order chi connectivity index (χ0) is 31.9. The first-order valence-electron chi connectivity index (χ1n) is 13.2. The molecular formula is C27H31N3O10S3. The van der Waals surface area contributed by atoms with Crippen LogP contribution in [0.4, 0.5) is 5.00 Å². The standard InChI is InChI=1S/C27H31N3O10S3/c1-6-30-17-11-10-16(24(33)38-7-2)12-18(17)41-27(30)29-20(32)14-43(36,37)13-19(31)28-23-21(25(34)39-8-3)15(5)22(42-23)26(35)40-9-4/h10-12H,6-9,13-14H2,1-5H3,(H,28,31). The molecule has 43 heavy (non-hydrogen) atoms. The van der Waals surface area contributed by atoms with Crippen molar-refractivity contribution in [3.05, 3.63) is 44.6 Å². The molecule has 0 atom stereocenters. The second-order valence-corrected chi connectivity index (χ2v) is 12.9. The number of thiazole rings is 1. The molecule has 232 valence electrons. The first-order chi connectivity index (χ1) is 20.3. The van der Waals surface area contributed by atoms with Gasteiger partial charge in [0, 0.05) is 6.54 Å². The minimum Gasteiger partial charge on any atom is -0.462 e. The van der Waals surface area contributed by atoms with Gasteiger partial charge in [-0.3, -0.25) is 9.59 Å². The molecule has 2 amide bonds. The molecule has 0 radical (unpaired) electrons. The summed E-state index contributed by atoms with van der Waals surface area (Å²) in [4.78, 5) is 66.7. The number of amides is 2. The minimum absolute atomic E-state index is 0.0284. The Kier molecular flexibility index (Phi) is 11.4. The summed E-state index contributed by atoms with van der Waals surface area (Å²) in [5, 5.41) is 2.28. The quantitative estimate of drug-likeness (QED) is 0.226. The van der Waals surface area contributed by atoms with Crippen molar-refractivity contribution in [2.24, 2.45) is 4.99 Å². The molecule has 2 heterocycles. The molecule has 1 N–H and O–H groups in total. The summed E-state index contributed by atoms with van der Waals surface area (Å²) < 4.78 is 42.9. The van der Waals surface area contributed by atoms with E-state index in [4.69, 9.17) is 14.2 Å². The van der Waals surface area contributed by atoms with Crippen molar-refractivity contribution < 1.29 is 46.6 Å². The van der Waals surface area contributed by atoms with Crippen LogP contribution in [-0.2, 0) is 40.2 Å². The number of carbonyl (C=O) groups is 5. The molecule has 3 aromatic rings. The number of thiophene rings is 1. The topological polar surface area (TPSA) is 176 Å². The molecule has 0 saturated carbocycles. The monoisotopic (exact) mass is 653 g/mol. The average Bonchev–Trinajstić information content (AvgIpc) is 3.43. The van der Waals surface area contributed by atoms with Crippen LogP contribution < -0.4 is 10.1 Å². The molecule has 2 aromatic heterocycles. The van der Waals surface area contributed by atoms with Crippen LogP contribution in [0.15, 0.2) is 23.2 Å². The summed E-state index contributed by atoms with van der Waals surface area (Å²) in [6, 6.07) is 4.89. The van der Waals surface area contributed by atoms with Gasteiger partial charge in [0.25, 0.3) is 5.91 Å². The van der Waals surface area contributed by atoms with E-state index in [2.05, 4.69) is 10.3 Å². The second kappa shape index (κ2) is 14.5. The number of sulfone groups is 1. The molecule has 0 unspecified atom stereocenters. The number of ether oxygens (including phenoxy) is 3. The van der Waals surface area contributed by atoms with Gasteiger partial charge in [-0.25, -0.2) is 22.8 Å². The minimum atomic E-state index is -4.29. The Balaban J connectivity index is 1.81. The highest BCUT2D eigenvalue weighted by Gasteiger charge is 2.29. The fourth-order valence-corrected chi connectivity index (χ4v) is 7.26. The van der Waals surface area contributed by atoms with E-state index in [1.165, 1.54) is 6.92 Å². The predicted molar refractivity (Wildman–Crippen MR) is 160 cm³/mol. The van der Waals surface area contributed by atoms with Crippen LogP contribution in [-0.4, -0.2) is 74.0 Å². The number of rotatable bonds is 12. The SMILES string of the molecule is CCOC(=O)c1ccc2c(c1)sc(=NC(=O)CS(=O)(=O)CC(=O)Nc1sc(C(=O)OCC)c(C)c1C(=O)OCC)n2CC. The van der Waals surface area contributed by atoms with Gasteiger partial charge in [0.1, 0.15) is 21.4 Å². The molecule has 0 aliphatic carbocycles. The number of anilines is 1. The molecule has 16 heteroatoms. The second-order valence-electron chi connectivity index (χ2n) is 8.82. The summed E-state index contributed by atoms with van der Waals surface area (Å²) in [5.41, 5.74) is 1.15. The molecule has 3 rings (SSSR count). The third kappa shape index (κ3) is 8.14. The van der Waals surface area contributed by atoms with E-state index in [0.29, 0.717) is 22.3 Å². The maximum atomic E-state index is 12.8. The van der Waals surface area contributed by atoms with Crippen molar-refractivity contribution in [3.8, 4) is 0 Å². The summed E-state index contributed by atoms with van der Waals surface area (Å²) in [6.07, 6.45) is 0. The molecule has 0 spiro atoms. The molecule has 0 bridgehead atoms. The van der Waals surface area contributed by atoms with Gasteiger partial charge >= 0.3 is 17.9 Å². The summed E-state index contributed by atoms with van der Waals surface area (Å²) >= 11 is 1.85. The van der Waals surface area contributed by atoms with Crippen LogP contribution in [0.25, 0.3) is 10.2 Å². The number of esters is 3. The van der Waals surface area contributed by atoms with Gasteiger partial charge in [-0.05, 0) is 58.4 Å². The predicted octanol–water partition coefficient (Wildman–Crippen LogP) is 3.10. The molecule has 13 nitrogen and oxygen atoms in total. The third-order valence-corrected chi connectivity index (χ3v) is 9.38. The van der Waals surface area contributed by atoms with Gasteiger partial charge < -0.3 is 24.1 Å². The number of nitrogens with zero attached hydrogens (tertiary/aromatic N) is 2. The summed E-state index contributed by atoms with van der Waals surface area (Å²) in [6.45, 7) is 8.93. The molecule has 0 saturated heterocycles. The third-order valence-electron chi connectivity index (χ3n) is 5.76. The van der Waals surface area contributed by atoms with Gasteiger partial charge in [-0.15, -0.1) is 11.3 Å². The van der Waals surface area contributed by atoms with Crippen LogP contribution >= 0.6 is 22.7 Å². The van der Waals surface area contributed by atoms with Crippen LogP contribution in [0.1, 0.15) is 63.6 Å². The van der Waals surface area contributed by atoms with E-state index in [9.17, 15) is 32.4 Å². The number of carbonyl (C=O) groups excluding carboxylic acids is 5. The van der Waals surface area contributed by atoms with E-state index in [-0.39, 0.29) is 45.6 Å². The maximum Gasteiger partial charge on any atom is 0.348 e. The van der Waals surface area contributed by atoms with Crippen LogP contribution in [0, 0.1) is 6.92 Å². The van der Waals surface area contributed by atoms with Crippen molar-refractivity contribution in [1.29, 1.82) is 0 Å². The average molecular weight is 654 g/mol. The largest absolute Gasteiger partial charge is 0.462 e. The van der Waals surface area contributed by atoms with Crippen molar-refractivity contribution in [2.45, 2.75) is 41.2 Å². The van der Waals surface area contributed by atoms with E-state index in [1.54, 1.807) is 43.5 Å². The molecule has 1 aromatic carbocycles. The van der Waals surface area contributed by atoms with Crippen molar-refractivity contribution in [2.75, 3.05) is 36.6 Å². The lowest BCUT2D eigenvalue weighted by atomic mass is 10.1. The first-order valence-corrected chi connectivity index (χ1v) is 16.7. The van der Waals surface area contributed by atoms with Crippen molar-refractivity contribution in [1.82, 2.24) is 4.57 Å². The number of benzene rings is 1. The van der Waals surface area contributed by atoms with E-state index in [0.717, 1.165) is 22.7 Å². The van der Waals surface area contributed by atoms with Gasteiger partial charge in [0.05, 0.1) is 41.2 Å². The first kappa shape index (κ1) is 33.6. The normalized spacial score (nSPS) is 11.8. The van der Waals surface area contributed by atoms with Crippen molar-refractivity contribution >= 4 is 77.5 Å². The Bertz CT molecular complexity index is 1750. The molecule has 0 fully saturated rings. The van der Waals surface area contributed by atoms with E-state index in [1.807, 2.05) is 6.92 Å². The fourth-order valence-electron chi connectivity index (χ4n) is 3.99. The molecule has 0 aliphatic rings. The lowest BCUT2D eigenvalue weighted by molar-refractivity contribution is -0.115. The fraction of sp³-hybridized carbons (Fsp3) is 0.407. The summed E-state index contributed by atoms with van der Waals surface area (Å²) in [7, 11) is -4.29. The highest BCUT2D eigenvalue weighted by atomic mass is 32.2. The van der Waals surface area contributed by atoms with E-state index < -0.39 is 51.1 Å². The smallest absolute Gasteiger partial charge is 0.348 e. The number of hydrogen-bond acceptors (Lipinski definition) is 12. The zero-order valence-electron chi connectivity index (χ0n) is 24.2. The number of fused-ring (bicyclic) bond motifs is 1. The molecule has 0 aliphatic heterocycles. The number of aromatic nitrogens is 1. The van der Waals surface area contributed by atoms with E-state index >= 15 is 0 Å². The Labute approximate surface area is 255 Å². The van der Waals surface area contributed by atoms with Crippen LogP contribution in [0.2, 0.25) is 0 Å². The zero-order valence-corrected chi connectivity index (χ0v) is 26.6. The Morgan fingerprint density at radius 2 is 1.51 bits per heavy atom. The number of nitrogens with one attached hydrogen (secondary N) is 1. The molecular weight excluding hydrogens is 623 g/mol. The van der Waals surface area contributed by atoms with Gasteiger partial charge in [-0.1, -0.05) is 11.3 Å². The summed E-state index contributed by atoms with van der Waals surface area (Å²) in [5.74, 6) is -6.15. The highest BCUT2D eigenvalue weighted by molar-refractivity contribution is 7.92. The highest BCUT2D eigenvalue weighted by Crippen LogP contribution is 2.34. The van der Waals surface area contributed by atoms with Crippen LogP contribution in [0.3, 0.4) is 0 Å². The Morgan fingerprint density at radius 1 is 0.884 bits per heavy atom. The van der Waals surface area contributed by atoms with Gasteiger partial charge in [0.15, 0.2) is 14.6 Å². The lowest BCUT2D eigenvalue weighted by Gasteiger charge is -2.07. The van der Waals surface area contributed by atoms with Gasteiger partial charge in [-0.2, -0.15) is 4.99 Å². The number of hydrogen-bond donors (Lipinski definition) is 1. The maximum absolute atomic E-state index is 12.8. The Morgan fingerprint density at radius 3 is 2.14 bits per heavy atom. The van der Waals surface area contributed by atoms with Crippen molar-refractivity contribution in [3.63, 3.8) is 0 Å². The van der Waals surface area contributed by atoms with Crippen LogP contribution in [0.5, 0.6) is 0 Å². The van der Waals surface area contributed by atoms with Gasteiger partial charge in [0.2, 0.25) is 5.91 Å². The lowest BCUT2D eigenvalue weighted by Crippen LogP contribution is -2.28. The Hall–Kier alpha value is -3.89. The number of aryl methyl sites for hydroxylation is 1.